The molecular formula is C15H21NO3. The van der Waals surface area contributed by atoms with E-state index in [1.165, 1.54) is 0 Å². The number of hydrogen-bond donors (Lipinski definition) is 1. The first-order chi connectivity index (χ1) is 9.19. The molecule has 19 heavy (non-hydrogen) atoms. The average molecular weight is 263 g/mol. The van der Waals surface area contributed by atoms with E-state index in [1.807, 2.05) is 30.3 Å². The van der Waals surface area contributed by atoms with Crippen LogP contribution in [0, 0.1) is 0 Å². The number of carbonyl (C=O) groups excluding carboxylic acids is 2. The molecule has 4 nitrogen and oxygen atoms in total. The van der Waals surface area contributed by atoms with Crippen LogP contribution in [0.15, 0.2) is 30.3 Å². The number of carbonyl (C=O) groups is 2. The van der Waals surface area contributed by atoms with Crippen LogP contribution in [-0.4, -0.2) is 31.4 Å². The molecule has 1 N–H and O–H groups in total. The van der Waals surface area contributed by atoms with E-state index in [1.54, 1.807) is 13.8 Å². The van der Waals surface area contributed by atoms with E-state index in [0.717, 1.165) is 11.8 Å². The first-order valence-electron chi connectivity index (χ1n) is 6.59. The predicted octanol–water partition coefficient (Wildman–Crippen LogP) is 1.90. The molecule has 1 aromatic rings. The van der Waals surface area contributed by atoms with Gasteiger partial charge in [0, 0.05) is 0 Å². The van der Waals surface area contributed by atoms with Crippen molar-refractivity contribution in [2.24, 2.45) is 0 Å². The van der Waals surface area contributed by atoms with Crippen LogP contribution in [-0.2, 0) is 14.3 Å². The summed E-state index contributed by atoms with van der Waals surface area (Å²) in [4.78, 5) is 22.5. The zero-order valence-corrected chi connectivity index (χ0v) is 11.5. The molecular weight excluding hydrogens is 242 g/mol. The lowest BCUT2D eigenvalue weighted by Gasteiger charge is -2.17. The van der Waals surface area contributed by atoms with Crippen LogP contribution >= 0.6 is 0 Å². The van der Waals surface area contributed by atoms with Gasteiger partial charge >= 0.3 is 5.97 Å². The van der Waals surface area contributed by atoms with Crippen LogP contribution in [0.25, 0.3) is 0 Å². The highest BCUT2D eigenvalue weighted by molar-refractivity contribution is 5.78. The van der Waals surface area contributed by atoms with Gasteiger partial charge in [-0.05, 0) is 32.4 Å². The van der Waals surface area contributed by atoms with Crippen LogP contribution in [0.5, 0.6) is 0 Å². The van der Waals surface area contributed by atoms with Gasteiger partial charge in [-0.2, -0.15) is 0 Å². The Hall–Kier alpha value is -1.68. The van der Waals surface area contributed by atoms with Crippen LogP contribution in [0.3, 0.4) is 0 Å². The van der Waals surface area contributed by atoms with Crippen molar-refractivity contribution in [1.29, 1.82) is 0 Å². The molecule has 0 amide bonds. The summed E-state index contributed by atoms with van der Waals surface area (Å²) < 4.78 is 5.11. The molecule has 1 rings (SSSR count). The molecule has 0 aliphatic heterocycles. The maximum absolute atomic E-state index is 12.0. The van der Waals surface area contributed by atoms with E-state index in [-0.39, 0.29) is 17.9 Å². The van der Waals surface area contributed by atoms with E-state index in [4.69, 9.17) is 4.74 Å². The summed E-state index contributed by atoms with van der Waals surface area (Å²) in [5, 5.41) is 3.05. The van der Waals surface area contributed by atoms with Gasteiger partial charge in [0.05, 0.1) is 18.6 Å². The molecule has 0 bridgehead atoms. The lowest BCUT2D eigenvalue weighted by Crippen LogP contribution is -2.30. The second-order valence-electron chi connectivity index (χ2n) is 4.38. The van der Waals surface area contributed by atoms with Gasteiger partial charge in [-0.25, -0.2) is 0 Å². The van der Waals surface area contributed by atoms with Gasteiger partial charge in [0.25, 0.3) is 0 Å². The van der Waals surface area contributed by atoms with Crippen molar-refractivity contribution in [3.05, 3.63) is 35.9 Å². The Morgan fingerprint density at radius 1 is 1.37 bits per heavy atom. The number of aldehydes is 1. The standard InChI is InChI=1S/C15H21NO3/c1-3-19-15(18)14(9-10-16-12(2)11-17)13-7-5-4-6-8-13/h4-8,11-12,14,16H,3,9-10H2,1-2H3/t12-,14-/m0/s1. The fraction of sp³-hybridized carbons (Fsp3) is 0.467. The molecule has 0 spiro atoms. The molecule has 0 aromatic heterocycles. The van der Waals surface area contributed by atoms with E-state index in [0.29, 0.717) is 19.6 Å². The van der Waals surface area contributed by atoms with Crippen molar-refractivity contribution >= 4 is 12.3 Å². The topological polar surface area (TPSA) is 55.4 Å². The first-order valence-corrected chi connectivity index (χ1v) is 6.59. The molecule has 0 radical (unpaired) electrons. The van der Waals surface area contributed by atoms with Gasteiger partial charge in [0.2, 0.25) is 0 Å². The van der Waals surface area contributed by atoms with Crippen molar-refractivity contribution in [3.63, 3.8) is 0 Å². The third-order valence-electron chi connectivity index (χ3n) is 2.88. The molecule has 0 aliphatic carbocycles. The summed E-state index contributed by atoms with van der Waals surface area (Å²) in [5.74, 6) is -0.498. The summed E-state index contributed by atoms with van der Waals surface area (Å²) in [6, 6.07) is 9.37. The SMILES string of the molecule is CCOC(=O)[C@@H](CCN[C@@H](C)C=O)c1ccccc1. The number of benzene rings is 1. The number of esters is 1. The van der Waals surface area contributed by atoms with Crippen LogP contribution < -0.4 is 5.32 Å². The third kappa shape index (κ3) is 5.22. The number of ether oxygens (including phenoxy) is 1. The average Bonchev–Trinajstić information content (AvgIpc) is 2.44. The Labute approximate surface area is 114 Å². The second kappa shape index (κ2) is 8.43. The quantitative estimate of drug-likeness (QED) is 0.575. The molecule has 0 unspecified atom stereocenters. The molecule has 4 heteroatoms. The Balaban J connectivity index is 2.65. The van der Waals surface area contributed by atoms with Gasteiger partial charge in [-0.3, -0.25) is 4.79 Å². The van der Waals surface area contributed by atoms with Gasteiger partial charge in [0.1, 0.15) is 6.29 Å². The number of nitrogens with one attached hydrogen (secondary N) is 1. The highest BCUT2D eigenvalue weighted by atomic mass is 16.5. The monoisotopic (exact) mass is 263 g/mol. The van der Waals surface area contributed by atoms with Gasteiger partial charge in [-0.15, -0.1) is 0 Å². The van der Waals surface area contributed by atoms with E-state index in [2.05, 4.69) is 5.32 Å². The van der Waals surface area contributed by atoms with Crippen molar-refractivity contribution in [2.75, 3.05) is 13.2 Å². The fourth-order valence-corrected chi connectivity index (χ4v) is 1.85. The zero-order valence-electron chi connectivity index (χ0n) is 11.5. The van der Waals surface area contributed by atoms with Gasteiger partial charge in [0.15, 0.2) is 0 Å². The molecule has 2 atom stereocenters. The molecule has 0 saturated carbocycles. The van der Waals surface area contributed by atoms with Crippen LogP contribution in [0.2, 0.25) is 0 Å². The summed E-state index contributed by atoms with van der Waals surface area (Å²) >= 11 is 0. The predicted molar refractivity (Wildman–Crippen MR) is 74.0 cm³/mol. The summed E-state index contributed by atoms with van der Waals surface area (Å²) in [6.45, 7) is 4.56. The second-order valence-corrected chi connectivity index (χ2v) is 4.38. The summed E-state index contributed by atoms with van der Waals surface area (Å²) in [6.07, 6.45) is 1.46. The molecule has 0 fully saturated rings. The normalized spacial score (nSPS) is 13.6. The van der Waals surface area contributed by atoms with Crippen molar-refractivity contribution in [3.8, 4) is 0 Å². The van der Waals surface area contributed by atoms with Crippen molar-refractivity contribution < 1.29 is 14.3 Å². The lowest BCUT2D eigenvalue weighted by molar-refractivity contribution is -0.145. The maximum Gasteiger partial charge on any atom is 0.313 e. The molecule has 104 valence electrons. The summed E-state index contributed by atoms with van der Waals surface area (Å²) in [5.41, 5.74) is 0.946. The van der Waals surface area contributed by atoms with Crippen molar-refractivity contribution in [2.45, 2.75) is 32.2 Å². The van der Waals surface area contributed by atoms with Crippen LogP contribution in [0.4, 0.5) is 0 Å². The molecule has 0 aliphatic rings. The highest BCUT2D eigenvalue weighted by Gasteiger charge is 2.21. The zero-order chi connectivity index (χ0) is 14.1. The Kier molecular flexibility index (Phi) is 6.82. The highest BCUT2D eigenvalue weighted by Crippen LogP contribution is 2.20. The third-order valence-corrected chi connectivity index (χ3v) is 2.88. The van der Waals surface area contributed by atoms with E-state index >= 15 is 0 Å². The molecule has 1 aromatic carbocycles. The fourth-order valence-electron chi connectivity index (χ4n) is 1.85. The first kappa shape index (κ1) is 15.4. The largest absolute Gasteiger partial charge is 0.466 e. The van der Waals surface area contributed by atoms with Crippen LogP contribution in [0.1, 0.15) is 31.7 Å². The minimum absolute atomic E-state index is 0.196. The van der Waals surface area contributed by atoms with E-state index in [9.17, 15) is 9.59 Å². The van der Waals surface area contributed by atoms with Gasteiger partial charge < -0.3 is 14.8 Å². The Morgan fingerprint density at radius 2 is 2.05 bits per heavy atom. The number of rotatable bonds is 8. The van der Waals surface area contributed by atoms with Crippen molar-refractivity contribution in [1.82, 2.24) is 5.32 Å². The summed E-state index contributed by atoms with van der Waals surface area (Å²) in [7, 11) is 0. The Morgan fingerprint density at radius 3 is 2.63 bits per heavy atom. The lowest BCUT2D eigenvalue weighted by atomic mass is 9.96. The minimum Gasteiger partial charge on any atom is -0.466 e. The smallest absolute Gasteiger partial charge is 0.313 e. The molecule has 0 heterocycles. The molecule has 0 saturated heterocycles. The maximum atomic E-state index is 12.0. The Bertz CT molecular complexity index is 392. The minimum atomic E-state index is -0.285. The number of hydrogen-bond acceptors (Lipinski definition) is 4. The van der Waals surface area contributed by atoms with Gasteiger partial charge in [-0.1, -0.05) is 30.3 Å². The van der Waals surface area contributed by atoms with E-state index < -0.39 is 0 Å².